The molecule has 3 aromatic carbocycles. The summed E-state index contributed by atoms with van der Waals surface area (Å²) >= 11 is 0. The zero-order valence-corrected chi connectivity index (χ0v) is 34.5. The maximum Gasteiger partial charge on any atom is 0.326 e. The molecule has 0 aliphatic rings. The van der Waals surface area contributed by atoms with Crippen molar-refractivity contribution < 1.29 is 33.9 Å². The third kappa shape index (κ3) is 16.4. The zero-order valence-electron chi connectivity index (χ0n) is 34.5. The number of hydrogen-bond acceptors (Lipinski definition) is 7. The van der Waals surface area contributed by atoms with Crippen LogP contribution in [0.25, 0.3) is 11.1 Å². The van der Waals surface area contributed by atoms with Gasteiger partial charge in [-0.05, 0) is 66.3 Å². The molecule has 5 atom stereocenters. The van der Waals surface area contributed by atoms with Crippen molar-refractivity contribution in [1.82, 2.24) is 26.6 Å². The molecule has 8 N–H and O–H groups in total. The van der Waals surface area contributed by atoms with Gasteiger partial charge in [-0.3, -0.25) is 24.0 Å². The molecular weight excluding hydrogens is 749 g/mol. The number of aliphatic carboxylic acids is 1. The average molecular weight is 809 g/mol. The summed E-state index contributed by atoms with van der Waals surface area (Å²) in [6, 6.07) is 20.5. The van der Waals surface area contributed by atoms with E-state index in [1.807, 2.05) is 68.4 Å². The van der Waals surface area contributed by atoms with E-state index in [-0.39, 0.29) is 38.0 Å². The first kappa shape index (κ1) is 47.4. The van der Waals surface area contributed by atoms with E-state index < -0.39 is 71.6 Å². The molecule has 0 fully saturated rings. The topological polar surface area (TPSA) is 209 Å². The van der Waals surface area contributed by atoms with Crippen molar-refractivity contribution in [3.05, 3.63) is 96.1 Å². The second-order valence-electron chi connectivity index (χ2n) is 15.4. The number of terminal acetylenes is 1. The highest BCUT2D eigenvalue weighted by Gasteiger charge is 2.34. The highest BCUT2D eigenvalue weighted by Crippen LogP contribution is 2.20. The zero-order chi connectivity index (χ0) is 43.3. The van der Waals surface area contributed by atoms with E-state index in [4.69, 9.17) is 12.2 Å². The Bertz CT molecular complexity index is 1860. The van der Waals surface area contributed by atoms with Gasteiger partial charge in [0.25, 0.3) is 0 Å². The van der Waals surface area contributed by atoms with Crippen LogP contribution in [0.4, 0.5) is 0 Å². The first-order valence-electron chi connectivity index (χ1n) is 20.3. The predicted octanol–water partition coefficient (Wildman–Crippen LogP) is 3.89. The number of carboxylic acid groups (broad SMARTS) is 1. The number of benzene rings is 3. The lowest BCUT2D eigenvalue weighted by Crippen LogP contribution is -2.60. The summed E-state index contributed by atoms with van der Waals surface area (Å²) in [4.78, 5) is 80.5. The Balaban J connectivity index is 1.86. The largest absolute Gasteiger partial charge is 0.480 e. The van der Waals surface area contributed by atoms with Gasteiger partial charge in [-0.1, -0.05) is 113 Å². The Morgan fingerprint density at radius 2 is 1.15 bits per heavy atom. The Hall–Kier alpha value is -6.00. The maximum absolute atomic E-state index is 14.1. The minimum Gasteiger partial charge on any atom is -0.480 e. The van der Waals surface area contributed by atoms with Crippen LogP contribution >= 0.6 is 0 Å². The van der Waals surface area contributed by atoms with E-state index >= 15 is 0 Å². The molecule has 0 bridgehead atoms. The molecule has 0 spiro atoms. The molecule has 0 aliphatic heterocycles. The summed E-state index contributed by atoms with van der Waals surface area (Å²) < 4.78 is 0. The second kappa shape index (κ2) is 24.7. The van der Waals surface area contributed by atoms with Crippen molar-refractivity contribution in [2.45, 2.75) is 109 Å². The standard InChI is InChI=1S/C46H60N6O7/c1-6-7-21-40(53)48-36(20-14-15-26-47)42(54)49-37(27-30(2)3)44(56)52-41(31(4)5)45(57)50-38(28-33-22-24-35(25-23-33)34-18-12-9-13-19-34)43(55)51-39(46(58)59)29-32-16-10-8-11-17-32/h1,8-13,16-19,22-25,30-31,36-39,41H,7,14-15,20-21,26-29,47H2,2-5H3,(H,48,53)(H,49,54)(H,50,57)(H,51,55)(H,52,56)(H,58,59)/t36-,37-,38-,39-,41?/m1/s1. The van der Waals surface area contributed by atoms with Crippen LogP contribution in [0, 0.1) is 24.2 Å². The monoisotopic (exact) mass is 808 g/mol. The maximum atomic E-state index is 14.1. The summed E-state index contributed by atoms with van der Waals surface area (Å²) in [6.07, 6.45) is 7.32. The Morgan fingerprint density at radius 3 is 1.73 bits per heavy atom. The Kier molecular flexibility index (Phi) is 19.8. The van der Waals surface area contributed by atoms with Gasteiger partial charge in [0.05, 0.1) is 0 Å². The first-order valence-corrected chi connectivity index (χ1v) is 20.3. The number of nitrogens with one attached hydrogen (secondary N) is 5. The lowest BCUT2D eigenvalue weighted by molar-refractivity contribution is -0.142. The van der Waals surface area contributed by atoms with Crippen LogP contribution in [0.1, 0.15) is 77.3 Å². The predicted molar refractivity (Wildman–Crippen MR) is 228 cm³/mol. The molecule has 3 aromatic rings. The molecule has 0 radical (unpaired) electrons. The minimum absolute atomic E-state index is 0.0183. The summed E-state index contributed by atoms with van der Waals surface area (Å²) in [6.45, 7) is 7.65. The van der Waals surface area contributed by atoms with Crippen molar-refractivity contribution in [3.8, 4) is 23.5 Å². The number of amides is 5. The van der Waals surface area contributed by atoms with Gasteiger partial charge < -0.3 is 37.4 Å². The summed E-state index contributed by atoms with van der Waals surface area (Å²) in [7, 11) is 0. The van der Waals surface area contributed by atoms with Crippen LogP contribution in [0.3, 0.4) is 0 Å². The highest BCUT2D eigenvalue weighted by molar-refractivity contribution is 5.96. The van der Waals surface area contributed by atoms with Crippen molar-refractivity contribution in [2.24, 2.45) is 17.6 Å². The van der Waals surface area contributed by atoms with Gasteiger partial charge in [0.1, 0.15) is 30.2 Å². The number of unbranched alkanes of at least 4 members (excludes halogenated alkanes) is 1. The van der Waals surface area contributed by atoms with Crippen molar-refractivity contribution in [1.29, 1.82) is 0 Å². The molecule has 0 saturated heterocycles. The Morgan fingerprint density at radius 1 is 0.627 bits per heavy atom. The summed E-state index contributed by atoms with van der Waals surface area (Å²) in [5.74, 6) is -2.28. The van der Waals surface area contributed by atoms with E-state index in [1.165, 1.54) is 0 Å². The third-order valence-electron chi connectivity index (χ3n) is 9.71. The van der Waals surface area contributed by atoms with Gasteiger partial charge in [0.2, 0.25) is 29.5 Å². The minimum atomic E-state index is -1.29. The lowest BCUT2D eigenvalue weighted by Gasteiger charge is -2.29. The van der Waals surface area contributed by atoms with Crippen LogP contribution < -0.4 is 32.3 Å². The second-order valence-corrected chi connectivity index (χ2v) is 15.4. The van der Waals surface area contributed by atoms with Crippen LogP contribution in [0.5, 0.6) is 0 Å². The van der Waals surface area contributed by atoms with E-state index in [2.05, 4.69) is 32.5 Å². The third-order valence-corrected chi connectivity index (χ3v) is 9.71. The lowest BCUT2D eigenvalue weighted by atomic mass is 9.97. The SMILES string of the molecule is C#CCCC(=O)N[C@H](CCCCN)C(=O)N[C@H](CC(C)C)C(=O)NC(C(=O)N[C@H](Cc1ccc(-c2ccccc2)cc1)C(=O)N[C@H](Cc1ccccc1)C(=O)O)C(C)C. The van der Waals surface area contributed by atoms with Crippen LogP contribution in [0.15, 0.2) is 84.9 Å². The first-order chi connectivity index (χ1) is 28.2. The summed E-state index contributed by atoms with van der Waals surface area (Å²) in [5.41, 5.74) is 9.02. The molecule has 0 aliphatic carbocycles. The van der Waals surface area contributed by atoms with Crippen molar-refractivity contribution >= 4 is 35.5 Å². The number of hydrogen-bond donors (Lipinski definition) is 7. The number of carbonyl (C=O) groups excluding carboxylic acids is 5. The van der Waals surface area contributed by atoms with E-state index in [9.17, 15) is 33.9 Å². The van der Waals surface area contributed by atoms with E-state index in [1.54, 1.807) is 44.2 Å². The quantitative estimate of drug-likeness (QED) is 0.0521. The number of rotatable bonds is 24. The number of carboxylic acids is 1. The molecule has 1 unspecified atom stereocenters. The fourth-order valence-corrected chi connectivity index (χ4v) is 6.47. The van der Waals surface area contributed by atoms with Gasteiger partial charge in [-0.25, -0.2) is 4.79 Å². The van der Waals surface area contributed by atoms with E-state index in [0.29, 0.717) is 36.9 Å². The van der Waals surface area contributed by atoms with Gasteiger partial charge >= 0.3 is 5.97 Å². The molecule has 0 saturated carbocycles. The average Bonchev–Trinajstić information content (AvgIpc) is 3.21. The van der Waals surface area contributed by atoms with Crippen molar-refractivity contribution in [2.75, 3.05) is 6.54 Å². The number of carbonyl (C=O) groups is 6. The molecule has 13 nitrogen and oxygen atoms in total. The molecule has 0 heterocycles. The normalized spacial score (nSPS) is 13.5. The summed E-state index contributed by atoms with van der Waals surface area (Å²) in [5, 5.41) is 23.8. The van der Waals surface area contributed by atoms with E-state index in [0.717, 1.165) is 11.1 Å². The van der Waals surface area contributed by atoms with Crippen LogP contribution in [0.2, 0.25) is 0 Å². The van der Waals surface area contributed by atoms with Gasteiger partial charge in [-0.15, -0.1) is 12.3 Å². The highest BCUT2D eigenvalue weighted by atomic mass is 16.4. The van der Waals surface area contributed by atoms with Crippen LogP contribution in [-0.2, 0) is 41.6 Å². The van der Waals surface area contributed by atoms with Crippen molar-refractivity contribution in [3.63, 3.8) is 0 Å². The van der Waals surface area contributed by atoms with Gasteiger partial charge in [0, 0.05) is 25.7 Å². The molecule has 0 aromatic heterocycles. The fourth-order valence-electron chi connectivity index (χ4n) is 6.47. The van der Waals surface area contributed by atoms with Crippen LogP contribution in [-0.4, -0.2) is 77.4 Å². The molecule has 59 heavy (non-hydrogen) atoms. The molecule has 3 rings (SSSR count). The smallest absolute Gasteiger partial charge is 0.326 e. The molecule has 316 valence electrons. The molecular formula is C46H60N6O7. The fraction of sp³-hybridized carbons (Fsp3) is 0.435. The van der Waals surface area contributed by atoms with Gasteiger partial charge in [-0.2, -0.15) is 0 Å². The Labute approximate surface area is 348 Å². The molecule has 5 amide bonds. The molecule has 13 heteroatoms. The van der Waals surface area contributed by atoms with Gasteiger partial charge in [0.15, 0.2) is 0 Å². The number of nitrogens with two attached hydrogens (primary N) is 1.